The fourth-order valence-corrected chi connectivity index (χ4v) is 1.72. The maximum absolute atomic E-state index is 11.6. The predicted molar refractivity (Wildman–Crippen MR) is 76.5 cm³/mol. The Bertz CT molecular complexity index is 479. The molecule has 0 fully saturated rings. The number of carboxylic acid groups (broad SMARTS) is 1. The van der Waals surface area contributed by atoms with Crippen LogP contribution in [-0.2, 0) is 4.74 Å². The van der Waals surface area contributed by atoms with Crippen molar-refractivity contribution < 1.29 is 19.4 Å². The van der Waals surface area contributed by atoms with Crippen LogP contribution in [0, 0.1) is 0 Å². The van der Waals surface area contributed by atoms with Crippen molar-refractivity contribution in [2.75, 3.05) is 25.6 Å². The summed E-state index contributed by atoms with van der Waals surface area (Å²) in [6.07, 6.45) is 1.68. The molecule has 6 nitrogen and oxygen atoms in total. The average Bonchev–Trinajstić information content (AvgIpc) is 2.40. The number of urea groups is 1. The Balaban J connectivity index is 2.44. The largest absolute Gasteiger partial charge is 0.478 e. The van der Waals surface area contributed by atoms with E-state index in [2.05, 4.69) is 10.6 Å². The van der Waals surface area contributed by atoms with Gasteiger partial charge < -0.3 is 20.5 Å². The van der Waals surface area contributed by atoms with Gasteiger partial charge in [0, 0.05) is 20.3 Å². The smallest absolute Gasteiger partial charge is 0.335 e. The second-order valence-electron chi connectivity index (χ2n) is 4.08. The molecule has 0 saturated heterocycles. The highest BCUT2D eigenvalue weighted by molar-refractivity contribution is 6.34. The van der Waals surface area contributed by atoms with Gasteiger partial charge in [-0.15, -0.1) is 0 Å². The average molecular weight is 301 g/mol. The highest BCUT2D eigenvalue weighted by atomic mass is 35.5. The molecule has 0 aliphatic carbocycles. The number of carboxylic acids is 1. The van der Waals surface area contributed by atoms with E-state index in [-0.39, 0.29) is 16.6 Å². The minimum absolute atomic E-state index is 0.0699. The fraction of sp³-hybridized carbons (Fsp3) is 0.385. The van der Waals surface area contributed by atoms with E-state index < -0.39 is 5.97 Å². The van der Waals surface area contributed by atoms with Gasteiger partial charge in [0.15, 0.2) is 0 Å². The van der Waals surface area contributed by atoms with Crippen LogP contribution >= 0.6 is 11.6 Å². The second kappa shape index (κ2) is 8.39. The fourth-order valence-electron chi connectivity index (χ4n) is 1.49. The van der Waals surface area contributed by atoms with E-state index in [0.29, 0.717) is 18.8 Å². The first-order chi connectivity index (χ1) is 9.54. The number of hydrogen-bond donors (Lipinski definition) is 3. The SMILES string of the molecule is COCCCCNC(=O)Nc1ccc(C(=O)O)cc1Cl. The van der Waals surface area contributed by atoms with Gasteiger partial charge in [0.25, 0.3) is 0 Å². The third-order valence-electron chi connectivity index (χ3n) is 2.53. The lowest BCUT2D eigenvalue weighted by Gasteiger charge is -2.09. The van der Waals surface area contributed by atoms with Crippen molar-refractivity contribution in [3.63, 3.8) is 0 Å². The Kier molecular flexibility index (Phi) is 6.83. The molecule has 0 saturated carbocycles. The Morgan fingerprint density at radius 3 is 2.70 bits per heavy atom. The number of anilines is 1. The lowest BCUT2D eigenvalue weighted by molar-refractivity contribution is 0.0697. The Hall–Kier alpha value is -1.79. The van der Waals surface area contributed by atoms with E-state index in [1.165, 1.54) is 18.2 Å². The molecule has 20 heavy (non-hydrogen) atoms. The van der Waals surface area contributed by atoms with Crippen LogP contribution in [0.3, 0.4) is 0 Å². The zero-order chi connectivity index (χ0) is 15.0. The molecule has 0 aromatic heterocycles. The van der Waals surface area contributed by atoms with Crippen molar-refractivity contribution in [3.8, 4) is 0 Å². The van der Waals surface area contributed by atoms with E-state index in [0.717, 1.165) is 12.8 Å². The maximum Gasteiger partial charge on any atom is 0.335 e. The van der Waals surface area contributed by atoms with Crippen LogP contribution in [0.1, 0.15) is 23.2 Å². The summed E-state index contributed by atoms with van der Waals surface area (Å²) in [4.78, 5) is 22.3. The number of methoxy groups -OCH3 is 1. The highest BCUT2D eigenvalue weighted by Gasteiger charge is 2.09. The summed E-state index contributed by atoms with van der Waals surface area (Å²) < 4.78 is 4.90. The molecule has 0 atom stereocenters. The zero-order valence-electron chi connectivity index (χ0n) is 11.1. The summed E-state index contributed by atoms with van der Waals surface area (Å²) in [7, 11) is 1.63. The molecule has 0 bridgehead atoms. The van der Waals surface area contributed by atoms with E-state index >= 15 is 0 Å². The first-order valence-corrected chi connectivity index (χ1v) is 6.49. The van der Waals surface area contributed by atoms with Gasteiger partial charge in [-0.05, 0) is 31.0 Å². The number of rotatable bonds is 7. The summed E-state index contributed by atoms with van der Waals surface area (Å²) in [5, 5.41) is 14.2. The number of carbonyl (C=O) groups excluding carboxylic acids is 1. The number of ether oxygens (including phenoxy) is 1. The van der Waals surface area contributed by atoms with Crippen molar-refractivity contribution in [3.05, 3.63) is 28.8 Å². The van der Waals surface area contributed by atoms with Crippen molar-refractivity contribution in [2.45, 2.75) is 12.8 Å². The van der Waals surface area contributed by atoms with Crippen LogP contribution in [0.15, 0.2) is 18.2 Å². The van der Waals surface area contributed by atoms with Gasteiger partial charge in [0.2, 0.25) is 0 Å². The van der Waals surface area contributed by atoms with Crippen molar-refractivity contribution >= 4 is 29.3 Å². The first kappa shape index (κ1) is 16.3. The van der Waals surface area contributed by atoms with E-state index in [1.54, 1.807) is 7.11 Å². The molecule has 0 heterocycles. The van der Waals surface area contributed by atoms with Gasteiger partial charge in [-0.25, -0.2) is 9.59 Å². The number of benzene rings is 1. The molecule has 0 aliphatic heterocycles. The molecule has 0 spiro atoms. The minimum atomic E-state index is -1.07. The maximum atomic E-state index is 11.6. The Labute approximate surface area is 122 Å². The monoisotopic (exact) mass is 300 g/mol. The van der Waals surface area contributed by atoms with E-state index in [4.69, 9.17) is 21.4 Å². The first-order valence-electron chi connectivity index (χ1n) is 6.11. The van der Waals surface area contributed by atoms with Crippen molar-refractivity contribution in [2.24, 2.45) is 0 Å². The van der Waals surface area contributed by atoms with Gasteiger partial charge >= 0.3 is 12.0 Å². The number of carbonyl (C=O) groups is 2. The van der Waals surface area contributed by atoms with Gasteiger partial charge in [-0.1, -0.05) is 11.6 Å². The van der Waals surface area contributed by atoms with Crippen LogP contribution in [0.2, 0.25) is 5.02 Å². The Morgan fingerprint density at radius 1 is 1.35 bits per heavy atom. The lowest BCUT2D eigenvalue weighted by Crippen LogP contribution is -2.29. The zero-order valence-corrected chi connectivity index (χ0v) is 11.9. The molecule has 0 radical (unpaired) electrons. The number of unbranched alkanes of at least 4 members (excludes halogenated alkanes) is 1. The number of nitrogens with one attached hydrogen (secondary N) is 2. The summed E-state index contributed by atoms with van der Waals surface area (Å²) in [5.74, 6) is -1.07. The summed E-state index contributed by atoms with van der Waals surface area (Å²) in [6.45, 7) is 1.19. The second-order valence-corrected chi connectivity index (χ2v) is 4.49. The van der Waals surface area contributed by atoms with Gasteiger partial charge in [0.1, 0.15) is 0 Å². The standard InChI is InChI=1S/C13H17ClN2O4/c1-20-7-3-2-6-15-13(19)16-11-5-4-9(12(17)18)8-10(11)14/h4-5,8H,2-3,6-7H2,1H3,(H,17,18)(H2,15,16,19). The number of hydrogen-bond acceptors (Lipinski definition) is 3. The molecular weight excluding hydrogens is 284 g/mol. The Morgan fingerprint density at radius 2 is 2.10 bits per heavy atom. The third-order valence-corrected chi connectivity index (χ3v) is 2.84. The van der Waals surface area contributed by atoms with Crippen LogP contribution in [0.5, 0.6) is 0 Å². The van der Waals surface area contributed by atoms with Crippen molar-refractivity contribution in [1.29, 1.82) is 0 Å². The molecule has 3 N–H and O–H groups in total. The summed E-state index contributed by atoms with van der Waals surface area (Å²) in [6, 6.07) is 3.74. The van der Waals surface area contributed by atoms with E-state index in [1.807, 2.05) is 0 Å². The van der Waals surface area contributed by atoms with Gasteiger partial charge in [-0.2, -0.15) is 0 Å². The number of aromatic carboxylic acids is 1. The minimum Gasteiger partial charge on any atom is -0.478 e. The van der Waals surface area contributed by atoms with Crippen LogP contribution < -0.4 is 10.6 Å². The van der Waals surface area contributed by atoms with Crippen LogP contribution in [-0.4, -0.2) is 37.4 Å². The third kappa shape index (κ3) is 5.46. The molecule has 1 aromatic carbocycles. The quantitative estimate of drug-likeness (QED) is 0.675. The molecular formula is C13H17ClN2O4. The predicted octanol–water partition coefficient (Wildman–Crippen LogP) is 2.59. The number of halogens is 1. The lowest BCUT2D eigenvalue weighted by atomic mass is 10.2. The summed E-state index contributed by atoms with van der Waals surface area (Å²) in [5.41, 5.74) is 0.437. The topological polar surface area (TPSA) is 87.7 Å². The van der Waals surface area contributed by atoms with Gasteiger partial charge in [-0.3, -0.25) is 0 Å². The molecule has 0 unspecified atom stereocenters. The van der Waals surface area contributed by atoms with Gasteiger partial charge in [0.05, 0.1) is 16.3 Å². The highest BCUT2D eigenvalue weighted by Crippen LogP contribution is 2.22. The molecule has 0 aliphatic rings. The summed E-state index contributed by atoms with van der Waals surface area (Å²) >= 11 is 5.90. The molecule has 2 amide bonds. The van der Waals surface area contributed by atoms with Crippen LogP contribution in [0.4, 0.5) is 10.5 Å². The van der Waals surface area contributed by atoms with Crippen LogP contribution in [0.25, 0.3) is 0 Å². The van der Waals surface area contributed by atoms with E-state index in [9.17, 15) is 9.59 Å². The normalized spacial score (nSPS) is 10.1. The molecule has 110 valence electrons. The molecule has 7 heteroatoms. The molecule has 1 aromatic rings. The molecule has 1 rings (SSSR count). The number of amides is 2. The van der Waals surface area contributed by atoms with Crippen molar-refractivity contribution in [1.82, 2.24) is 5.32 Å².